The molecule has 0 bridgehead atoms. The number of nitro benzene ring substituents is 1. The van der Waals surface area contributed by atoms with Crippen LogP contribution in [0, 0.1) is 10.1 Å². The summed E-state index contributed by atoms with van der Waals surface area (Å²) in [6, 6.07) is 7.99. The Hall–Kier alpha value is -2.68. The lowest BCUT2D eigenvalue weighted by atomic mass is 10.1. The van der Waals surface area contributed by atoms with Gasteiger partial charge in [0.2, 0.25) is 0 Å². The lowest BCUT2D eigenvalue weighted by Gasteiger charge is -2.03. The van der Waals surface area contributed by atoms with Gasteiger partial charge < -0.3 is 4.42 Å². The van der Waals surface area contributed by atoms with Gasteiger partial charge in [-0.2, -0.15) is 0 Å². The summed E-state index contributed by atoms with van der Waals surface area (Å²) in [5.74, 6) is -0.806. The molecule has 0 aliphatic rings. The van der Waals surface area contributed by atoms with Crippen LogP contribution in [0.15, 0.2) is 40.8 Å². The predicted molar refractivity (Wildman–Crippen MR) is 95.8 cm³/mol. The van der Waals surface area contributed by atoms with Gasteiger partial charge in [-0.05, 0) is 30.3 Å². The number of amides is 1. The third-order valence-electron chi connectivity index (χ3n) is 3.20. The summed E-state index contributed by atoms with van der Waals surface area (Å²) >= 11 is 17.8. The number of hydrogen-bond acceptors (Lipinski definition) is 6. The van der Waals surface area contributed by atoms with E-state index in [2.05, 4.69) is 15.5 Å². The zero-order valence-corrected chi connectivity index (χ0v) is 14.8. The van der Waals surface area contributed by atoms with Crippen LogP contribution in [-0.4, -0.2) is 21.0 Å². The van der Waals surface area contributed by atoms with Crippen LogP contribution in [0.3, 0.4) is 0 Å². The normalized spacial score (nSPS) is 10.6. The molecule has 0 aliphatic carbocycles. The Kier molecular flexibility index (Phi) is 5.08. The molecule has 0 spiro atoms. The number of nitro groups is 1. The van der Waals surface area contributed by atoms with E-state index in [4.69, 9.17) is 39.2 Å². The van der Waals surface area contributed by atoms with Crippen molar-refractivity contribution in [3.8, 4) is 11.5 Å². The lowest BCUT2D eigenvalue weighted by Crippen LogP contribution is -2.14. The average molecular weight is 414 g/mol. The van der Waals surface area contributed by atoms with E-state index in [1.165, 1.54) is 18.2 Å². The van der Waals surface area contributed by atoms with E-state index in [0.717, 1.165) is 6.07 Å². The first-order valence-corrected chi connectivity index (χ1v) is 8.03. The van der Waals surface area contributed by atoms with Crippen molar-refractivity contribution in [1.82, 2.24) is 10.2 Å². The number of anilines is 1. The Bertz CT molecular complexity index is 1020. The van der Waals surface area contributed by atoms with Crippen molar-refractivity contribution in [1.29, 1.82) is 0 Å². The SMILES string of the molecule is O=C(Nc1nnc(-c2cc(Cl)ccc2Cl)o1)c1cc(Cl)ccc1[N+](=O)[O-]. The Balaban J connectivity index is 1.88. The molecule has 0 saturated carbocycles. The van der Waals surface area contributed by atoms with Crippen LogP contribution in [-0.2, 0) is 0 Å². The maximum absolute atomic E-state index is 12.3. The van der Waals surface area contributed by atoms with Crippen LogP contribution in [0.4, 0.5) is 11.7 Å². The van der Waals surface area contributed by atoms with Gasteiger partial charge in [-0.25, -0.2) is 0 Å². The number of nitrogens with one attached hydrogen (secondary N) is 1. The molecule has 0 unspecified atom stereocenters. The van der Waals surface area contributed by atoms with Crippen molar-refractivity contribution < 1.29 is 14.1 Å². The molecule has 3 aromatic rings. The van der Waals surface area contributed by atoms with Gasteiger partial charge >= 0.3 is 6.01 Å². The maximum Gasteiger partial charge on any atom is 0.322 e. The van der Waals surface area contributed by atoms with Crippen LogP contribution >= 0.6 is 34.8 Å². The minimum atomic E-state index is -0.827. The number of nitrogens with zero attached hydrogens (tertiary/aromatic N) is 3. The molecule has 26 heavy (non-hydrogen) atoms. The third-order valence-corrected chi connectivity index (χ3v) is 4.00. The molecule has 11 heteroatoms. The standard InChI is InChI=1S/C15H7Cl3N4O4/c16-7-1-3-11(18)9(5-7)14-20-21-15(26-14)19-13(23)10-6-8(17)2-4-12(10)22(24)25/h1-6H,(H,19,21,23). The second-order valence-electron chi connectivity index (χ2n) is 4.91. The number of carbonyl (C=O) groups is 1. The molecule has 0 aliphatic heterocycles. The second-order valence-corrected chi connectivity index (χ2v) is 6.19. The highest BCUT2D eigenvalue weighted by atomic mass is 35.5. The van der Waals surface area contributed by atoms with E-state index in [-0.39, 0.29) is 22.5 Å². The van der Waals surface area contributed by atoms with Gasteiger partial charge in [0.05, 0.1) is 15.5 Å². The minimum absolute atomic E-state index is 0.0217. The van der Waals surface area contributed by atoms with E-state index in [0.29, 0.717) is 15.6 Å². The fourth-order valence-corrected chi connectivity index (χ4v) is 2.60. The highest BCUT2D eigenvalue weighted by molar-refractivity contribution is 6.35. The Morgan fingerprint density at radius 3 is 2.50 bits per heavy atom. The van der Waals surface area contributed by atoms with Crippen molar-refractivity contribution in [2.24, 2.45) is 0 Å². The molecule has 2 aromatic carbocycles. The molecule has 1 amide bonds. The van der Waals surface area contributed by atoms with Crippen LogP contribution in [0.2, 0.25) is 15.1 Å². The number of aromatic nitrogens is 2. The van der Waals surface area contributed by atoms with E-state index in [1.54, 1.807) is 12.1 Å². The quantitative estimate of drug-likeness (QED) is 0.483. The van der Waals surface area contributed by atoms with E-state index < -0.39 is 16.5 Å². The van der Waals surface area contributed by atoms with Crippen molar-refractivity contribution in [3.05, 3.63) is 67.1 Å². The van der Waals surface area contributed by atoms with E-state index in [9.17, 15) is 14.9 Å². The second kappa shape index (κ2) is 7.28. The summed E-state index contributed by atoms with van der Waals surface area (Å²) in [6.07, 6.45) is 0. The topological polar surface area (TPSA) is 111 Å². The van der Waals surface area contributed by atoms with Gasteiger partial charge in [-0.1, -0.05) is 39.9 Å². The van der Waals surface area contributed by atoms with Crippen molar-refractivity contribution in [2.75, 3.05) is 5.32 Å². The molecule has 0 fully saturated rings. The summed E-state index contributed by atoms with van der Waals surface area (Å²) in [7, 11) is 0. The average Bonchev–Trinajstić information content (AvgIpc) is 3.04. The molecule has 3 rings (SSSR count). The largest absolute Gasteiger partial charge is 0.403 e. The zero-order chi connectivity index (χ0) is 18.8. The zero-order valence-electron chi connectivity index (χ0n) is 12.6. The van der Waals surface area contributed by atoms with Gasteiger partial charge in [0, 0.05) is 16.1 Å². The monoisotopic (exact) mass is 412 g/mol. The van der Waals surface area contributed by atoms with Crippen LogP contribution in [0.1, 0.15) is 10.4 Å². The minimum Gasteiger partial charge on any atom is -0.403 e. The smallest absolute Gasteiger partial charge is 0.322 e. The molecule has 0 saturated heterocycles. The van der Waals surface area contributed by atoms with E-state index in [1.807, 2.05) is 0 Å². The summed E-state index contributed by atoms with van der Waals surface area (Å²) in [5.41, 5.74) is -0.284. The Morgan fingerprint density at radius 2 is 1.77 bits per heavy atom. The Morgan fingerprint density at radius 1 is 1.08 bits per heavy atom. The highest BCUT2D eigenvalue weighted by Gasteiger charge is 2.22. The number of rotatable bonds is 4. The van der Waals surface area contributed by atoms with Gasteiger partial charge in [0.1, 0.15) is 5.56 Å². The van der Waals surface area contributed by atoms with E-state index >= 15 is 0 Å². The van der Waals surface area contributed by atoms with Gasteiger partial charge in [-0.3, -0.25) is 20.2 Å². The van der Waals surface area contributed by atoms with Crippen LogP contribution < -0.4 is 5.32 Å². The molecule has 1 aromatic heterocycles. The Labute approximate surface area is 160 Å². The van der Waals surface area contributed by atoms with Crippen LogP contribution in [0.5, 0.6) is 0 Å². The molecular formula is C15H7Cl3N4O4. The predicted octanol–water partition coefficient (Wildman–Crippen LogP) is 4.86. The molecule has 1 N–H and O–H groups in total. The van der Waals surface area contributed by atoms with Crippen LogP contribution in [0.25, 0.3) is 11.5 Å². The fourth-order valence-electron chi connectivity index (χ4n) is 2.06. The molecule has 1 heterocycles. The van der Waals surface area contributed by atoms with Crippen molar-refractivity contribution in [2.45, 2.75) is 0 Å². The van der Waals surface area contributed by atoms with Gasteiger partial charge in [0.15, 0.2) is 0 Å². The van der Waals surface area contributed by atoms with Gasteiger partial charge in [-0.15, -0.1) is 5.10 Å². The summed E-state index contributed by atoms with van der Waals surface area (Å²) < 4.78 is 5.33. The maximum atomic E-state index is 12.3. The number of benzene rings is 2. The lowest BCUT2D eigenvalue weighted by molar-refractivity contribution is -0.385. The summed E-state index contributed by atoms with van der Waals surface area (Å²) in [6.45, 7) is 0. The van der Waals surface area contributed by atoms with Crippen molar-refractivity contribution in [3.63, 3.8) is 0 Å². The molecule has 8 nitrogen and oxygen atoms in total. The first kappa shape index (κ1) is 18.1. The van der Waals surface area contributed by atoms with Crippen molar-refractivity contribution >= 4 is 52.4 Å². The molecule has 0 radical (unpaired) electrons. The summed E-state index contributed by atoms with van der Waals surface area (Å²) in [5, 5.41) is 21.7. The first-order chi connectivity index (χ1) is 12.3. The van der Waals surface area contributed by atoms with Gasteiger partial charge in [0.25, 0.3) is 17.5 Å². The molecule has 132 valence electrons. The third kappa shape index (κ3) is 3.77. The highest BCUT2D eigenvalue weighted by Crippen LogP contribution is 2.30. The summed E-state index contributed by atoms with van der Waals surface area (Å²) in [4.78, 5) is 22.7. The number of halogens is 3. The fraction of sp³-hybridized carbons (Fsp3) is 0. The number of hydrogen-bond donors (Lipinski definition) is 1. The molecular weight excluding hydrogens is 407 g/mol. The first-order valence-electron chi connectivity index (χ1n) is 6.89. The number of carbonyl (C=O) groups excluding carboxylic acids is 1. The molecule has 0 atom stereocenters.